The summed E-state index contributed by atoms with van der Waals surface area (Å²) in [6, 6.07) is 16.8. The summed E-state index contributed by atoms with van der Waals surface area (Å²) in [6.07, 6.45) is 0. The van der Waals surface area contributed by atoms with Crippen molar-refractivity contribution in [3.63, 3.8) is 0 Å². The van der Waals surface area contributed by atoms with Crippen LogP contribution in [0.5, 0.6) is 0 Å². The quantitative estimate of drug-likeness (QED) is 0.575. The van der Waals surface area contributed by atoms with Gasteiger partial charge < -0.3 is 0 Å². The molecule has 2 aromatic rings. The fraction of sp³-hybridized carbons (Fsp3) is 0.278. The second kappa shape index (κ2) is 12.4. The van der Waals surface area contributed by atoms with Crippen LogP contribution in [0, 0.1) is 33.8 Å². The van der Waals surface area contributed by atoms with Gasteiger partial charge in [-0.05, 0) is 0 Å². The summed E-state index contributed by atoms with van der Waals surface area (Å²) in [7, 11) is 0. The molecule has 1 radical (unpaired) electrons. The number of aryl methyl sites for hydroxylation is 2. The van der Waals surface area contributed by atoms with Crippen molar-refractivity contribution in [1.82, 2.24) is 0 Å². The minimum absolute atomic E-state index is 0. The Balaban J connectivity index is 0. The van der Waals surface area contributed by atoms with Gasteiger partial charge in [0, 0.05) is 32.7 Å². The zero-order chi connectivity index (χ0) is 14.0. The van der Waals surface area contributed by atoms with E-state index in [2.05, 4.69) is 45.9 Å². The molecule has 0 atom stereocenters. The molecule has 19 heavy (non-hydrogen) atoms. The molecule has 0 aliphatic heterocycles. The molecular weight excluding hydrogens is 305 g/mol. The Morgan fingerprint density at radius 2 is 1.42 bits per heavy atom. The molecule has 0 N–H and O–H groups in total. The predicted molar refractivity (Wildman–Crippen MR) is 81.7 cm³/mol. The Kier molecular flexibility index (Phi) is 13.6. The van der Waals surface area contributed by atoms with Crippen molar-refractivity contribution in [3.05, 3.63) is 77.7 Å². The van der Waals surface area contributed by atoms with Gasteiger partial charge in [0.2, 0.25) is 0 Å². The fourth-order valence-corrected chi connectivity index (χ4v) is 1.47. The van der Waals surface area contributed by atoms with E-state index in [0.717, 1.165) is 5.56 Å². The average Bonchev–Trinajstić information content (AvgIpc) is 2.41. The van der Waals surface area contributed by atoms with E-state index < -0.39 is 0 Å². The Labute approximate surface area is 144 Å². The van der Waals surface area contributed by atoms with Crippen LogP contribution in [0.4, 0.5) is 0 Å². The predicted octanol–water partition coefficient (Wildman–Crippen LogP) is 5.30. The first kappa shape index (κ1) is 20.7. The maximum atomic E-state index is 3.94. The SMILES string of the molecule is CC.[CH2-]c1cc(C)cc(C)c1C.[Y].[c-]1ccccc1. The summed E-state index contributed by atoms with van der Waals surface area (Å²) < 4.78 is 0. The molecule has 101 valence electrons. The van der Waals surface area contributed by atoms with Crippen LogP contribution in [0.1, 0.15) is 36.1 Å². The van der Waals surface area contributed by atoms with Gasteiger partial charge in [-0.1, -0.05) is 40.7 Å². The average molecular weight is 329 g/mol. The van der Waals surface area contributed by atoms with Gasteiger partial charge >= 0.3 is 0 Å². The zero-order valence-electron chi connectivity index (χ0n) is 12.8. The molecule has 0 fully saturated rings. The maximum absolute atomic E-state index is 3.94. The van der Waals surface area contributed by atoms with E-state index >= 15 is 0 Å². The van der Waals surface area contributed by atoms with Crippen LogP contribution in [-0.4, -0.2) is 0 Å². The van der Waals surface area contributed by atoms with Crippen molar-refractivity contribution >= 4 is 0 Å². The standard InChI is InChI=1S/C10H13.C6H5.C2H6.Y/c1-7-5-8(2)10(4)9(3)6-7;1-2-4-6-5-3-1;1-2;/h5-6H,2H2,1,3-4H3;1-5H;1-2H3;/q2*-1;;. The third kappa shape index (κ3) is 9.02. The molecule has 0 heterocycles. The van der Waals surface area contributed by atoms with Gasteiger partial charge in [0.1, 0.15) is 0 Å². The van der Waals surface area contributed by atoms with Crippen LogP contribution in [0.15, 0.2) is 42.5 Å². The molecule has 0 nitrogen and oxygen atoms in total. The first-order chi connectivity index (χ1) is 8.61. The van der Waals surface area contributed by atoms with Crippen molar-refractivity contribution < 1.29 is 32.7 Å². The maximum Gasteiger partial charge on any atom is 0 e. The first-order valence-corrected chi connectivity index (χ1v) is 6.42. The number of benzene rings is 2. The third-order valence-corrected chi connectivity index (χ3v) is 2.53. The number of hydrogen-bond acceptors (Lipinski definition) is 0. The van der Waals surface area contributed by atoms with Crippen molar-refractivity contribution in [2.75, 3.05) is 0 Å². The molecule has 0 saturated heterocycles. The van der Waals surface area contributed by atoms with Crippen LogP contribution >= 0.6 is 0 Å². The molecule has 0 aliphatic rings. The Bertz CT molecular complexity index is 383. The Morgan fingerprint density at radius 3 is 1.74 bits per heavy atom. The van der Waals surface area contributed by atoms with Gasteiger partial charge in [-0.3, -0.25) is 0 Å². The zero-order valence-corrected chi connectivity index (χ0v) is 15.7. The summed E-state index contributed by atoms with van der Waals surface area (Å²) in [4.78, 5) is 0. The molecule has 0 amide bonds. The summed E-state index contributed by atoms with van der Waals surface area (Å²) >= 11 is 0. The molecule has 0 aliphatic carbocycles. The molecule has 0 saturated carbocycles. The molecule has 0 aromatic heterocycles. The molecule has 2 rings (SSSR count). The molecule has 0 unspecified atom stereocenters. The van der Waals surface area contributed by atoms with Crippen molar-refractivity contribution in [1.29, 1.82) is 0 Å². The van der Waals surface area contributed by atoms with E-state index in [-0.39, 0.29) is 32.7 Å². The van der Waals surface area contributed by atoms with E-state index in [1.54, 1.807) is 0 Å². The first-order valence-electron chi connectivity index (χ1n) is 6.42. The second-order valence-electron chi connectivity index (χ2n) is 3.94. The smallest absolute Gasteiger partial charge is 0 e. The molecule has 1 heteroatoms. The van der Waals surface area contributed by atoms with Crippen LogP contribution in [0.25, 0.3) is 0 Å². The van der Waals surface area contributed by atoms with Crippen molar-refractivity contribution in [2.24, 2.45) is 0 Å². The number of hydrogen-bond donors (Lipinski definition) is 0. The molecule has 2 aromatic carbocycles. The summed E-state index contributed by atoms with van der Waals surface area (Å²) in [5, 5.41) is 0. The molecule has 0 bridgehead atoms. The van der Waals surface area contributed by atoms with E-state index in [4.69, 9.17) is 0 Å². The molecular formula is C18H24Y-2. The van der Waals surface area contributed by atoms with E-state index in [0.29, 0.717) is 0 Å². The minimum atomic E-state index is 0. The normalized spacial score (nSPS) is 8.05. The van der Waals surface area contributed by atoms with Crippen molar-refractivity contribution in [2.45, 2.75) is 34.6 Å². The van der Waals surface area contributed by atoms with Crippen LogP contribution < -0.4 is 0 Å². The van der Waals surface area contributed by atoms with Crippen molar-refractivity contribution in [3.8, 4) is 0 Å². The molecule has 0 spiro atoms. The number of rotatable bonds is 0. The summed E-state index contributed by atoms with van der Waals surface area (Å²) in [6.45, 7) is 14.3. The van der Waals surface area contributed by atoms with Gasteiger partial charge in [-0.15, -0.1) is 16.7 Å². The summed E-state index contributed by atoms with van der Waals surface area (Å²) in [5.41, 5.74) is 5.10. The van der Waals surface area contributed by atoms with E-state index in [9.17, 15) is 0 Å². The topological polar surface area (TPSA) is 0 Å². The fourth-order valence-electron chi connectivity index (χ4n) is 1.47. The van der Waals surface area contributed by atoms with Crippen LogP contribution in [-0.2, 0) is 32.7 Å². The summed E-state index contributed by atoms with van der Waals surface area (Å²) in [5.74, 6) is 0. The Morgan fingerprint density at radius 1 is 0.895 bits per heavy atom. The van der Waals surface area contributed by atoms with Gasteiger partial charge in [-0.25, -0.2) is 0 Å². The Hall–Kier alpha value is -0.586. The van der Waals surface area contributed by atoms with Crippen LogP contribution in [0.3, 0.4) is 0 Å². The van der Waals surface area contributed by atoms with Gasteiger partial charge in [0.05, 0.1) is 0 Å². The second-order valence-corrected chi connectivity index (χ2v) is 3.94. The van der Waals surface area contributed by atoms with E-state index in [1.165, 1.54) is 16.7 Å². The largest absolute Gasteiger partial charge is 0.198 e. The monoisotopic (exact) mass is 329 g/mol. The third-order valence-electron chi connectivity index (χ3n) is 2.53. The van der Waals surface area contributed by atoms with Gasteiger partial charge in [0.25, 0.3) is 0 Å². The van der Waals surface area contributed by atoms with Crippen LogP contribution in [0.2, 0.25) is 0 Å². The van der Waals surface area contributed by atoms with Gasteiger partial charge in [0.15, 0.2) is 0 Å². The van der Waals surface area contributed by atoms with Gasteiger partial charge in [-0.2, -0.15) is 55.0 Å². The minimum Gasteiger partial charge on any atom is -0.198 e. The van der Waals surface area contributed by atoms with E-state index in [1.807, 2.05) is 44.2 Å².